The predicted octanol–water partition coefficient (Wildman–Crippen LogP) is 4.63. The second kappa shape index (κ2) is 8.35. The molecule has 1 aliphatic rings. The Morgan fingerprint density at radius 1 is 1.08 bits per heavy atom. The fourth-order valence-electron chi connectivity index (χ4n) is 3.88. The van der Waals surface area contributed by atoms with Crippen molar-refractivity contribution in [3.8, 4) is 5.75 Å². The fraction of sp³-hybridized carbons (Fsp3) is 0.714. The average molecular weight is 335 g/mol. The van der Waals surface area contributed by atoms with E-state index in [1.54, 1.807) is 0 Å². The van der Waals surface area contributed by atoms with Gasteiger partial charge in [-0.15, -0.1) is 0 Å². The number of benzene rings is 1. The van der Waals surface area contributed by atoms with Gasteiger partial charge in [0.05, 0.1) is 12.2 Å². The molecule has 3 unspecified atom stereocenters. The van der Waals surface area contributed by atoms with Crippen molar-refractivity contribution in [2.75, 3.05) is 0 Å². The van der Waals surface area contributed by atoms with Crippen molar-refractivity contribution in [1.82, 2.24) is 0 Å². The van der Waals surface area contributed by atoms with Crippen LogP contribution >= 0.6 is 0 Å². The number of phenols is 1. The van der Waals surface area contributed by atoms with Gasteiger partial charge in [0, 0.05) is 5.92 Å². The quantitative estimate of drug-likeness (QED) is 0.637. The van der Waals surface area contributed by atoms with Gasteiger partial charge in [-0.3, -0.25) is 0 Å². The third-order valence-electron chi connectivity index (χ3n) is 5.65. The molecule has 3 nitrogen and oxygen atoms in total. The molecule has 1 aliphatic carbocycles. The van der Waals surface area contributed by atoms with Gasteiger partial charge in [0.25, 0.3) is 0 Å². The van der Waals surface area contributed by atoms with Crippen LogP contribution in [0.25, 0.3) is 0 Å². The lowest BCUT2D eigenvalue weighted by molar-refractivity contribution is 0.0349. The highest BCUT2D eigenvalue weighted by Gasteiger charge is 2.31. The number of unbranched alkanes of at least 4 members (excludes halogenated alkanes) is 3. The number of aromatic hydroxyl groups is 1. The van der Waals surface area contributed by atoms with E-state index in [0.717, 1.165) is 17.5 Å². The van der Waals surface area contributed by atoms with Crippen molar-refractivity contribution in [3.63, 3.8) is 0 Å². The number of phenolic OH excluding ortho intramolecular Hbond substituents is 1. The van der Waals surface area contributed by atoms with Crippen LogP contribution in [0.3, 0.4) is 0 Å². The first kappa shape index (κ1) is 19.3. The Labute approximate surface area is 146 Å². The van der Waals surface area contributed by atoms with E-state index < -0.39 is 6.10 Å². The van der Waals surface area contributed by atoms with Crippen LogP contribution in [0.5, 0.6) is 5.75 Å². The van der Waals surface area contributed by atoms with Crippen molar-refractivity contribution in [3.05, 3.63) is 29.3 Å². The van der Waals surface area contributed by atoms with E-state index in [4.69, 9.17) is 0 Å². The lowest BCUT2D eigenvalue weighted by Gasteiger charge is -2.32. The SMILES string of the molecule is CCCCCCC(C)(C)c1ccc(C2CC(O)CCC2O)c(O)c1. The first-order chi connectivity index (χ1) is 11.3. The average Bonchev–Trinajstić information content (AvgIpc) is 2.54. The second-order valence-corrected chi connectivity index (χ2v) is 8.11. The Morgan fingerprint density at radius 3 is 2.50 bits per heavy atom. The monoisotopic (exact) mass is 334 g/mol. The summed E-state index contributed by atoms with van der Waals surface area (Å²) in [5.41, 5.74) is 1.95. The lowest BCUT2D eigenvalue weighted by Crippen LogP contribution is -2.30. The zero-order chi connectivity index (χ0) is 17.7. The molecule has 1 aromatic rings. The van der Waals surface area contributed by atoms with Gasteiger partial charge in [0.15, 0.2) is 0 Å². The molecule has 3 atom stereocenters. The Balaban J connectivity index is 2.10. The van der Waals surface area contributed by atoms with Crippen LogP contribution < -0.4 is 0 Å². The maximum absolute atomic E-state index is 10.5. The van der Waals surface area contributed by atoms with Crippen LogP contribution in [0.2, 0.25) is 0 Å². The predicted molar refractivity (Wildman–Crippen MR) is 98.5 cm³/mol. The van der Waals surface area contributed by atoms with Gasteiger partial charge in [-0.1, -0.05) is 58.6 Å². The van der Waals surface area contributed by atoms with E-state index in [1.807, 2.05) is 12.1 Å². The van der Waals surface area contributed by atoms with E-state index in [1.165, 1.54) is 25.7 Å². The summed E-state index contributed by atoms with van der Waals surface area (Å²) in [6.45, 7) is 6.68. The lowest BCUT2D eigenvalue weighted by atomic mass is 9.76. The summed E-state index contributed by atoms with van der Waals surface area (Å²) < 4.78 is 0. The molecule has 0 aliphatic heterocycles. The van der Waals surface area contributed by atoms with Crippen LogP contribution in [0.4, 0.5) is 0 Å². The molecular formula is C21H34O3. The molecular weight excluding hydrogens is 300 g/mol. The second-order valence-electron chi connectivity index (χ2n) is 8.11. The highest BCUT2D eigenvalue weighted by molar-refractivity contribution is 5.42. The van der Waals surface area contributed by atoms with Gasteiger partial charge in [0.2, 0.25) is 0 Å². The third kappa shape index (κ3) is 4.73. The van der Waals surface area contributed by atoms with Crippen molar-refractivity contribution in [2.24, 2.45) is 0 Å². The van der Waals surface area contributed by atoms with Crippen molar-refractivity contribution in [2.45, 2.75) is 95.7 Å². The van der Waals surface area contributed by atoms with E-state index in [9.17, 15) is 15.3 Å². The molecule has 1 aromatic carbocycles. The minimum Gasteiger partial charge on any atom is -0.508 e. The van der Waals surface area contributed by atoms with E-state index in [-0.39, 0.29) is 23.2 Å². The minimum atomic E-state index is -0.479. The molecule has 0 amide bonds. The molecule has 1 saturated carbocycles. The van der Waals surface area contributed by atoms with Gasteiger partial charge in [-0.2, -0.15) is 0 Å². The highest BCUT2D eigenvalue weighted by Crippen LogP contribution is 2.40. The zero-order valence-electron chi connectivity index (χ0n) is 15.5. The van der Waals surface area contributed by atoms with Gasteiger partial charge >= 0.3 is 0 Å². The number of hydrogen-bond donors (Lipinski definition) is 3. The number of rotatable bonds is 7. The standard InChI is InChI=1S/C21H34O3/c1-4-5-6-7-12-21(2,3)15-8-10-17(20(24)13-15)18-14-16(22)9-11-19(18)23/h8,10,13,16,18-19,22-24H,4-7,9,11-12,14H2,1-3H3. The molecule has 3 heteroatoms. The van der Waals surface area contributed by atoms with Crippen LogP contribution in [-0.4, -0.2) is 27.5 Å². The molecule has 0 saturated heterocycles. The van der Waals surface area contributed by atoms with E-state index >= 15 is 0 Å². The topological polar surface area (TPSA) is 60.7 Å². The van der Waals surface area contributed by atoms with Crippen molar-refractivity contribution >= 4 is 0 Å². The Kier molecular flexibility index (Phi) is 6.70. The maximum Gasteiger partial charge on any atom is 0.119 e. The van der Waals surface area contributed by atoms with Crippen molar-refractivity contribution < 1.29 is 15.3 Å². The molecule has 1 fully saturated rings. The largest absolute Gasteiger partial charge is 0.508 e. The molecule has 24 heavy (non-hydrogen) atoms. The molecule has 136 valence electrons. The molecule has 0 aromatic heterocycles. The number of aliphatic hydroxyl groups is 2. The Bertz CT molecular complexity index is 524. The van der Waals surface area contributed by atoms with Crippen LogP contribution in [0.1, 0.15) is 89.2 Å². The van der Waals surface area contributed by atoms with Gasteiger partial charge < -0.3 is 15.3 Å². The summed E-state index contributed by atoms with van der Waals surface area (Å²) >= 11 is 0. The van der Waals surface area contributed by atoms with Gasteiger partial charge in [-0.25, -0.2) is 0 Å². The molecule has 0 heterocycles. The first-order valence-corrected chi connectivity index (χ1v) is 9.54. The summed E-state index contributed by atoms with van der Waals surface area (Å²) in [4.78, 5) is 0. The smallest absolute Gasteiger partial charge is 0.119 e. The summed E-state index contributed by atoms with van der Waals surface area (Å²) in [6, 6.07) is 5.90. The van der Waals surface area contributed by atoms with Crippen LogP contribution in [-0.2, 0) is 5.41 Å². The number of hydrogen-bond acceptors (Lipinski definition) is 3. The summed E-state index contributed by atoms with van der Waals surface area (Å²) in [6.07, 6.45) is 6.99. The Morgan fingerprint density at radius 2 is 1.83 bits per heavy atom. The van der Waals surface area contributed by atoms with Crippen LogP contribution in [0.15, 0.2) is 18.2 Å². The third-order valence-corrected chi connectivity index (χ3v) is 5.65. The van der Waals surface area contributed by atoms with E-state index in [0.29, 0.717) is 19.3 Å². The van der Waals surface area contributed by atoms with Gasteiger partial charge in [0.1, 0.15) is 5.75 Å². The fourth-order valence-corrected chi connectivity index (χ4v) is 3.88. The summed E-state index contributed by atoms with van der Waals surface area (Å²) in [5.74, 6) is 0.0859. The first-order valence-electron chi connectivity index (χ1n) is 9.54. The molecule has 0 spiro atoms. The molecule has 3 N–H and O–H groups in total. The van der Waals surface area contributed by atoms with Crippen LogP contribution in [0, 0.1) is 0 Å². The molecule has 2 rings (SSSR count). The summed E-state index contributed by atoms with van der Waals surface area (Å²) in [5, 5.41) is 30.6. The minimum absolute atomic E-state index is 0.0362. The van der Waals surface area contributed by atoms with Crippen molar-refractivity contribution in [1.29, 1.82) is 0 Å². The summed E-state index contributed by atoms with van der Waals surface area (Å²) in [7, 11) is 0. The normalized spacial score (nSPS) is 25.0. The molecule has 0 bridgehead atoms. The highest BCUT2D eigenvalue weighted by atomic mass is 16.3. The van der Waals surface area contributed by atoms with Gasteiger partial charge in [-0.05, 0) is 48.3 Å². The Hall–Kier alpha value is -1.06. The van der Waals surface area contributed by atoms with E-state index in [2.05, 4.69) is 26.8 Å². The molecule has 0 radical (unpaired) electrons. The number of aliphatic hydroxyl groups excluding tert-OH is 2. The maximum atomic E-state index is 10.5. The zero-order valence-corrected chi connectivity index (χ0v) is 15.5.